The molecule has 0 rings (SSSR count). The van der Waals surface area contributed by atoms with Crippen LogP contribution in [0, 0.1) is 0 Å². The van der Waals surface area contributed by atoms with E-state index in [1.165, 1.54) is 6.92 Å². The van der Waals surface area contributed by atoms with E-state index in [0.717, 1.165) is 0 Å². The molecule has 0 aromatic rings. The first-order valence-corrected chi connectivity index (χ1v) is 3.56. The van der Waals surface area contributed by atoms with Crippen LogP contribution in [0.3, 0.4) is 0 Å². The second kappa shape index (κ2) is 5.49. The molecule has 0 aliphatic carbocycles. The molecule has 0 spiro atoms. The minimum Gasteiger partial charge on any atom is -0.388 e. The summed E-state index contributed by atoms with van der Waals surface area (Å²) in [7, 11) is 0. The molecule has 0 aromatic heterocycles. The van der Waals surface area contributed by atoms with Gasteiger partial charge < -0.3 is 9.47 Å². The fraction of sp³-hybridized carbons (Fsp3) is 0.500. The lowest BCUT2D eigenvalue weighted by molar-refractivity contribution is -0.160. The SMILES string of the molecule is C=C(C)C(=O)OC(=O)COCC. The highest BCUT2D eigenvalue weighted by molar-refractivity contribution is 5.95. The highest BCUT2D eigenvalue weighted by Gasteiger charge is 2.09. The third-order valence-corrected chi connectivity index (χ3v) is 0.979. The van der Waals surface area contributed by atoms with Gasteiger partial charge in [-0.3, -0.25) is 0 Å². The standard InChI is InChI=1S/C8H12O4/c1-4-11-5-7(9)12-8(10)6(2)3/h2,4-5H2,1,3H3. The lowest BCUT2D eigenvalue weighted by Gasteiger charge is -2.01. The van der Waals surface area contributed by atoms with Crippen molar-refractivity contribution in [1.29, 1.82) is 0 Å². The van der Waals surface area contributed by atoms with Gasteiger partial charge in [-0.05, 0) is 13.8 Å². The van der Waals surface area contributed by atoms with Crippen LogP contribution in [0.25, 0.3) is 0 Å². The molecule has 12 heavy (non-hydrogen) atoms. The lowest BCUT2D eigenvalue weighted by Crippen LogP contribution is -2.17. The van der Waals surface area contributed by atoms with Crippen molar-refractivity contribution < 1.29 is 19.1 Å². The van der Waals surface area contributed by atoms with Crippen molar-refractivity contribution in [2.75, 3.05) is 13.2 Å². The Labute approximate surface area is 71.2 Å². The van der Waals surface area contributed by atoms with E-state index in [1.807, 2.05) is 0 Å². The van der Waals surface area contributed by atoms with Crippen molar-refractivity contribution >= 4 is 11.9 Å². The Bertz CT molecular complexity index is 195. The molecule has 0 bridgehead atoms. The third-order valence-electron chi connectivity index (χ3n) is 0.979. The summed E-state index contributed by atoms with van der Waals surface area (Å²) in [6, 6.07) is 0. The third kappa shape index (κ3) is 4.62. The lowest BCUT2D eigenvalue weighted by atomic mass is 10.4. The van der Waals surface area contributed by atoms with Crippen molar-refractivity contribution in [3.05, 3.63) is 12.2 Å². The summed E-state index contributed by atoms with van der Waals surface area (Å²) in [6.07, 6.45) is 0. The predicted octanol–water partition coefficient (Wildman–Crippen LogP) is 0.669. The van der Waals surface area contributed by atoms with E-state index in [-0.39, 0.29) is 12.2 Å². The Kier molecular flexibility index (Phi) is 4.96. The topological polar surface area (TPSA) is 52.6 Å². The molecule has 68 valence electrons. The monoisotopic (exact) mass is 172 g/mol. The van der Waals surface area contributed by atoms with E-state index < -0.39 is 11.9 Å². The Balaban J connectivity index is 3.69. The highest BCUT2D eigenvalue weighted by Crippen LogP contribution is 1.92. The number of rotatable bonds is 4. The Morgan fingerprint density at radius 1 is 1.42 bits per heavy atom. The van der Waals surface area contributed by atoms with Gasteiger partial charge in [0.1, 0.15) is 6.61 Å². The number of hydrogen-bond acceptors (Lipinski definition) is 4. The molecule has 0 atom stereocenters. The molecule has 0 amide bonds. The molecule has 4 nitrogen and oxygen atoms in total. The van der Waals surface area contributed by atoms with E-state index in [9.17, 15) is 9.59 Å². The van der Waals surface area contributed by atoms with Gasteiger partial charge >= 0.3 is 11.9 Å². The molecule has 0 aliphatic rings. The van der Waals surface area contributed by atoms with Crippen LogP contribution in [-0.2, 0) is 19.1 Å². The average molecular weight is 172 g/mol. The second-order valence-electron chi connectivity index (χ2n) is 2.18. The van der Waals surface area contributed by atoms with Gasteiger partial charge in [0.15, 0.2) is 0 Å². The van der Waals surface area contributed by atoms with E-state index in [0.29, 0.717) is 6.61 Å². The Hall–Kier alpha value is -1.16. The molecule has 0 heterocycles. The fourth-order valence-corrected chi connectivity index (χ4v) is 0.405. The van der Waals surface area contributed by atoms with Crippen LogP contribution in [0.4, 0.5) is 0 Å². The molecule has 0 N–H and O–H groups in total. The zero-order chi connectivity index (χ0) is 9.56. The van der Waals surface area contributed by atoms with Gasteiger partial charge in [-0.2, -0.15) is 0 Å². The molecule has 0 aliphatic heterocycles. The quantitative estimate of drug-likeness (QED) is 0.355. The van der Waals surface area contributed by atoms with Crippen LogP contribution < -0.4 is 0 Å². The van der Waals surface area contributed by atoms with Gasteiger partial charge in [0, 0.05) is 12.2 Å². The van der Waals surface area contributed by atoms with Crippen LogP contribution in [0.15, 0.2) is 12.2 Å². The zero-order valence-corrected chi connectivity index (χ0v) is 7.25. The van der Waals surface area contributed by atoms with Crippen LogP contribution in [0.1, 0.15) is 13.8 Å². The van der Waals surface area contributed by atoms with E-state index in [1.54, 1.807) is 6.92 Å². The van der Waals surface area contributed by atoms with Gasteiger partial charge in [0.05, 0.1) is 0 Å². The molecule has 0 saturated carbocycles. The normalized spacial score (nSPS) is 9.17. The first kappa shape index (κ1) is 10.8. The number of esters is 2. The molecule has 4 heteroatoms. The van der Waals surface area contributed by atoms with Gasteiger partial charge in [0.2, 0.25) is 0 Å². The first-order chi connectivity index (χ1) is 5.57. The molecular formula is C8H12O4. The predicted molar refractivity (Wildman–Crippen MR) is 42.4 cm³/mol. The summed E-state index contributed by atoms with van der Waals surface area (Å²) in [5.41, 5.74) is 0.194. The van der Waals surface area contributed by atoms with E-state index in [4.69, 9.17) is 4.74 Å². The minimum atomic E-state index is -0.709. The van der Waals surface area contributed by atoms with Crippen LogP contribution >= 0.6 is 0 Å². The van der Waals surface area contributed by atoms with Crippen LogP contribution in [-0.4, -0.2) is 25.2 Å². The number of carbonyl (C=O) groups is 2. The summed E-state index contributed by atoms with van der Waals surface area (Å²) in [6.45, 7) is 6.75. The maximum atomic E-state index is 10.7. The number of hydrogen-bond donors (Lipinski definition) is 0. The van der Waals surface area contributed by atoms with Crippen molar-refractivity contribution in [1.82, 2.24) is 0 Å². The summed E-state index contributed by atoms with van der Waals surface area (Å²) in [5, 5.41) is 0. The summed E-state index contributed by atoms with van der Waals surface area (Å²) >= 11 is 0. The number of ether oxygens (including phenoxy) is 2. The van der Waals surface area contributed by atoms with Crippen molar-refractivity contribution in [3.8, 4) is 0 Å². The Morgan fingerprint density at radius 3 is 2.42 bits per heavy atom. The van der Waals surface area contributed by atoms with Crippen molar-refractivity contribution in [2.24, 2.45) is 0 Å². The molecular weight excluding hydrogens is 160 g/mol. The molecule has 0 unspecified atom stereocenters. The largest absolute Gasteiger partial charge is 0.388 e. The van der Waals surface area contributed by atoms with Gasteiger partial charge in [-0.1, -0.05) is 6.58 Å². The van der Waals surface area contributed by atoms with E-state index >= 15 is 0 Å². The van der Waals surface area contributed by atoms with Crippen LogP contribution in [0.2, 0.25) is 0 Å². The molecule has 0 saturated heterocycles. The van der Waals surface area contributed by atoms with Gasteiger partial charge in [-0.25, -0.2) is 9.59 Å². The molecule has 0 fully saturated rings. The molecule has 0 radical (unpaired) electrons. The van der Waals surface area contributed by atoms with Crippen molar-refractivity contribution in [3.63, 3.8) is 0 Å². The van der Waals surface area contributed by atoms with Gasteiger partial charge in [0.25, 0.3) is 0 Å². The maximum absolute atomic E-state index is 10.7. The minimum absolute atomic E-state index is 0.194. The smallest absolute Gasteiger partial charge is 0.340 e. The number of carbonyl (C=O) groups excluding carboxylic acids is 2. The zero-order valence-electron chi connectivity index (χ0n) is 7.25. The fourth-order valence-electron chi connectivity index (χ4n) is 0.405. The maximum Gasteiger partial charge on any atom is 0.340 e. The Morgan fingerprint density at radius 2 is 2.00 bits per heavy atom. The summed E-state index contributed by atoms with van der Waals surface area (Å²) in [5.74, 6) is -1.40. The second-order valence-corrected chi connectivity index (χ2v) is 2.18. The van der Waals surface area contributed by atoms with Gasteiger partial charge in [-0.15, -0.1) is 0 Å². The first-order valence-electron chi connectivity index (χ1n) is 3.56. The highest BCUT2D eigenvalue weighted by atomic mass is 16.6. The average Bonchev–Trinajstić information content (AvgIpc) is 2.00. The molecule has 0 aromatic carbocycles. The van der Waals surface area contributed by atoms with Crippen molar-refractivity contribution in [2.45, 2.75) is 13.8 Å². The van der Waals surface area contributed by atoms with Crippen LogP contribution in [0.5, 0.6) is 0 Å². The summed E-state index contributed by atoms with van der Waals surface area (Å²) < 4.78 is 9.03. The summed E-state index contributed by atoms with van der Waals surface area (Å²) in [4.78, 5) is 21.4. The van der Waals surface area contributed by atoms with E-state index in [2.05, 4.69) is 11.3 Å².